The number of fused-ring (bicyclic) bond motifs is 1. The van der Waals surface area contributed by atoms with Crippen LogP contribution < -0.4 is 10.1 Å². The van der Waals surface area contributed by atoms with Gasteiger partial charge in [-0.25, -0.2) is 0 Å². The van der Waals surface area contributed by atoms with Crippen molar-refractivity contribution < 1.29 is 9.15 Å². The lowest BCUT2D eigenvalue weighted by molar-refractivity contribution is 0.164. The zero-order valence-corrected chi connectivity index (χ0v) is 14.5. The van der Waals surface area contributed by atoms with Gasteiger partial charge >= 0.3 is 0 Å². The molecule has 4 rings (SSSR count). The molecular formula is C22H23NO2. The van der Waals surface area contributed by atoms with Gasteiger partial charge in [0, 0.05) is 5.56 Å². The molecule has 1 aliphatic heterocycles. The average Bonchev–Trinajstić information content (AvgIpc) is 2.99. The fourth-order valence-electron chi connectivity index (χ4n) is 3.37. The lowest BCUT2D eigenvalue weighted by atomic mass is 10.1. The first-order valence-electron chi connectivity index (χ1n) is 8.94. The van der Waals surface area contributed by atoms with Gasteiger partial charge in [0.15, 0.2) is 0 Å². The number of hydrogen-bond donors (Lipinski definition) is 1. The van der Waals surface area contributed by atoms with Crippen LogP contribution >= 0.6 is 0 Å². The second-order valence-corrected chi connectivity index (χ2v) is 6.53. The highest BCUT2D eigenvalue weighted by Crippen LogP contribution is 2.35. The van der Waals surface area contributed by atoms with Crippen LogP contribution in [0.5, 0.6) is 5.75 Å². The van der Waals surface area contributed by atoms with Crippen LogP contribution in [0.25, 0.3) is 23.1 Å². The number of hydrogen-bond acceptors (Lipinski definition) is 3. The van der Waals surface area contributed by atoms with Crippen LogP contribution in [0, 0.1) is 6.92 Å². The molecule has 0 atom stereocenters. The maximum Gasteiger partial charge on any atom is 0.138 e. The van der Waals surface area contributed by atoms with E-state index in [1.807, 2.05) is 36.4 Å². The quantitative estimate of drug-likeness (QED) is 0.726. The summed E-state index contributed by atoms with van der Waals surface area (Å²) in [6.07, 6.45) is 6.50. The Hall–Kier alpha value is -2.52. The van der Waals surface area contributed by atoms with Gasteiger partial charge in [-0.3, -0.25) is 0 Å². The smallest absolute Gasteiger partial charge is 0.138 e. The molecule has 25 heavy (non-hydrogen) atoms. The van der Waals surface area contributed by atoms with Crippen molar-refractivity contribution in [2.45, 2.75) is 25.9 Å². The summed E-state index contributed by atoms with van der Waals surface area (Å²) in [6.45, 7) is 4.15. The third-order valence-electron chi connectivity index (χ3n) is 4.76. The summed E-state index contributed by atoms with van der Waals surface area (Å²) in [7, 11) is 0. The van der Waals surface area contributed by atoms with Crippen molar-refractivity contribution in [2.24, 2.45) is 0 Å². The molecule has 1 aliphatic rings. The molecule has 1 aromatic heterocycles. The van der Waals surface area contributed by atoms with E-state index in [2.05, 4.69) is 36.5 Å². The predicted octanol–water partition coefficient (Wildman–Crippen LogP) is 5.04. The molecule has 0 saturated carbocycles. The van der Waals surface area contributed by atoms with E-state index < -0.39 is 0 Å². The van der Waals surface area contributed by atoms with Crippen LogP contribution in [0.3, 0.4) is 0 Å². The average molecular weight is 333 g/mol. The zero-order valence-electron chi connectivity index (χ0n) is 14.5. The summed E-state index contributed by atoms with van der Waals surface area (Å²) < 4.78 is 12.4. The minimum Gasteiger partial charge on any atom is -0.490 e. The van der Waals surface area contributed by atoms with Crippen molar-refractivity contribution in [1.82, 2.24) is 5.32 Å². The maximum absolute atomic E-state index is 6.30. The van der Waals surface area contributed by atoms with E-state index in [1.54, 1.807) is 0 Å². The highest BCUT2D eigenvalue weighted by atomic mass is 16.5. The maximum atomic E-state index is 6.30. The fourth-order valence-corrected chi connectivity index (χ4v) is 3.37. The van der Waals surface area contributed by atoms with Gasteiger partial charge in [-0.15, -0.1) is 0 Å². The number of nitrogens with one attached hydrogen (secondary N) is 1. The number of furan rings is 1. The molecule has 0 spiro atoms. The van der Waals surface area contributed by atoms with Crippen molar-refractivity contribution >= 4 is 23.1 Å². The van der Waals surface area contributed by atoms with Crippen molar-refractivity contribution in [3.05, 3.63) is 65.4 Å². The Morgan fingerprint density at radius 1 is 1.00 bits per heavy atom. The second kappa shape index (κ2) is 7.16. The standard InChI is InChI=1S/C22H23NO2/c1-16-19(11-10-17-6-3-2-4-7-17)25-21-9-5-8-20(22(16)21)24-18-12-14-23-15-13-18/h2-11,18,23H,12-15H2,1H3/b11-10+. The Kier molecular flexibility index (Phi) is 4.57. The lowest BCUT2D eigenvalue weighted by Gasteiger charge is -2.24. The molecule has 0 bridgehead atoms. The number of rotatable bonds is 4. The highest BCUT2D eigenvalue weighted by molar-refractivity contribution is 5.91. The van der Waals surface area contributed by atoms with E-state index in [0.717, 1.165) is 59.5 Å². The van der Waals surface area contributed by atoms with Crippen LogP contribution in [0.4, 0.5) is 0 Å². The molecule has 3 aromatic rings. The molecule has 2 aromatic carbocycles. The lowest BCUT2D eigenvalue weighted by Crippen LogP contribution is -2.34. The zero-order chi connectivity index (χ0) is 17.1. The molecule has 1 fully saturated rings. The summed E-state index contributed by atoms with van der Waals surface area (Å²) >= 11 is 0. The number of aryl methyl sites for hydroxylation is 1. The first-order chi connectivity index (χ1) is 12.3. The Morgan fingerprint density at radius 2 is 1.80 bits per heavy atom. The van der Waals surface area contributed by atoms with Crippen LogP contribution in [-0.2, 0) is 0 Å². The van der Waals surface area contributed by atoms with Crippen LogP contribution in [-0.4, -0.2) is 19.2 Å². The second-order valence-electron chi connectivity index (χ2n) is 6.53. The van der Waals surface area contributed by atoms with Gasteiger partial charge < -0.3 is 14.5 Å². The van der Waals surface area contributed by atoms with Gasteiger partial charge in [0.2, 0.25) is 0 Å². The van der Waals surface area contributed by atoms with E-state index >= 15 is 0 Å². The molecule has 0 unspecified atom stereocenters. The van der Waals surface area contributed by atoms with Crippen molar-refractivity contribution in [2.75, 3.05) is 13.1 Å². The van der Waals surface area contributed by atoms with E-state index in [0.29, 0.717) is 0 Å². The van der Waals surface area contributed by atoms with Gasteiger partial charge in [-0.2, -0.15) is 0 Å². The van der Waals surface area contributed by atoms with Crippen molar-refractivity contribution in [3.63, 3.8) is 0 Å². The van der Waals surface area contributed by atoms with E-state index in [-0.39, 0.29) is 6.10 Å². The first-order valence-corrected chi connectivity index (χ1v) is 8.94. The Morgan fingerprint density at radius 3 is 2.60 bits per heavy atom. The van der Waals surface area contributed by atoms with E-state index in [1.165, 1.54) is 0 Å². The molecule has 0 aliphatic carbocycles. The van der Waals surface area contributed by atoms with Crippen LogP contribution in [0.2, 0.25) is 0 Å². The SMILES string of the molecule is Cc1c(/C=C/c2ccccc2)oc2cccc(OC3CCNCC3)c12. The Bertz CT molecular complexity index is 874. The topological polar surface area (TPSA) is 34.4 Å². The highest BCUT2D eigenvalue weighted by Gasteiger charge is 2.18. The van der Waals surface area contributed by atoms with Crippen LogP contribution in [0.15, 0.2) is 52.9 Å². The number of ether oxygens (including phenoxy) is 1. The van der Waals surface area contributed by atoms with Gasteiger partial charge in [0.05, 0.1) is 5.39 Å². The van der Waals surface area contributed by atoms with Gasteiger partial charge in [0.1, 0.15) is 23.2 Å². The minimum absolute atomic E-state index is 0.282. The van der Waals surface area contributed by atoms with E-state index in [9.17, 15) is 0 Å². The van der Waals surface area contributed by atoms with Crippen molar-refractivity contribution in [1.29, 1.82) is 0 Å². The van der Waals surface area contributed by atoms with Crippen molar-refractivity contribution in [3.8, 4) is 5.75 Å². The molecule has 128 valence electrons. The first kappa shape index (κ1) is 16.0. The monoisotopic (exact) mass is 333 g/mol. The molecule has 2 heterocycles. The predicted molar refractivity (Wildman–Crippen MR) is 103 cm³/mol. The summed E-state index contributed by atoms with van der Waals surface area (Å²) in [5.74, 6) is 1.82. The normalized spacial score (nSPS) is 15.9. The molecule has 1 saturated heterocycles. The summed E-state index contributed by atoms with van der Waals surface area (Å²) in [5, 5.41) is 4.47. The molecule has 3 heteroatoms. The third-order valence-corrected chi connectivity index (χ3v) is 4.76. The number of piperidine rings is 1. The summed E-state index contributed by atoms with van der Waals surface area (Å²) in [5.41, 5.74) is 3.18. The molecular weight excluding hydrogens is 310 g/mol. The largest absolute Gasteiger partial charge is 0.490 e. The summed E-state index contributed by atoms with van der Waals surface area (Å²) in [4.78, 5) is 0. The fraction of sp³-hybridized carbons (Fsp3) is 0.273. The third kappa shape index (κ3) is 3.47. The Labute approximate surface area is 148 Å². The molecule has 3 nitrogen and oxygen atoms in total. The van der Waals surface area contributed by atoms with Crippen LogP contribution in [0.1, 0.15) is 29.7 Å². The molecule has 0 amide bonds. The van der Waals surface area contributed by atoms with E-state index in [4.69, 9.17) is 9.15 Å². The minimum atomic E-state index is 0.282. The molecule has 1 N–H and O–H groups in total. The molecule has 0 radical (unpaired) electrons. The summed E-state index contributed by atoms with van der Waals surface area (Å²) in [6, 6.07) is 16.3. The number of benzene rings is 2. The van der Waals surface area contributed by atoms with Gasteiger partial charge in [-0.1, -0.05) is 42.5 Å². The van der Waals surface area contributed by atoms with Gasteiger partial charge in [-0.05, 0) is 56.6 Å². The van der Waals surface area contributed by atoms with Gasteiger partial charge in [0.25, 0.3) is 0 Å². The Balaban J connectivity index is 1.65.